The van der Waals surface area contributed by atoms with Gasteiger partial charge < -0.3 is 19.8 Å². The summed E-state index contributed by atoms with van der Waals surface area (Å²) in [5.41, 5.74) is 0.578. The second-order valence-corrected chi connectivity index (χ2v) is 14.4. The summed E-state index contributed by atoms with van der Waals surface area (Å²) in [6.45, 7) is 12.0. The number of amides is 1. The van der Waals surface area contributed by atoms with Crippen LogP contribution >= 0.6 is 0 Å². The van der Waals surface area contributed by atoms with Crippen LogP contribution in [0.4, 0.5) is 4.79 Å². The Hall–Kier alpha value is -0.810. The highest BCUT2D eigenvalue weighted by Gasteiger charge is 2.64. The van der Waals surface area contributed by atoms with Crippen LogP contribution in [0.3, 0.4) is 0 Å². The number of nitrogens with zero attached hydrogens (tertiary/aromatic N) is 1. The second-order valence-electron chi connectivity index (χ2n) is 14.4. The largest absolute Gasteiger partial charge is 0.449 e. The number of piperidine rings is 1. The first-order valence-electron chi connectivity index (χ1n) is 16.0. The number of aliphatic hydroxyl groups excluding tert-OH is 2. The molecule has 0 spiro atoms. The maximum Gasteiger partial charge on any atom is 0.409 e. The van der Waals surface area contributed by atoms with E-state index in [2.05, 4.69) is 27.7 Å². The van der Waals surface area contributed by atoms with E-state index in [-0.39, 0.29) is 23.7 Å². The molecule has 2 N–H and O–H groups in total. The van der Waals surface area contributed by atoms with E-state index >= 15 is 0 Å². The highest BCUT2D eigenvalue weighted by molar-refractivity contribution is 5.67. The van der Waals surface area contributed by atoms with E-state index in [9.17, 15) is 15.0 Å². The molecule has 0 radical (unpaired) electrons. The van der Waals surface area contributed by atoms with Crippen LogP contribution in [0.25, 0.3) is 0 Å². The Kier molecular flexibility index (Phi) is 8.24. The Balaban J connectivity index is 1.22. The number of ether oxygens (including phenoxy) is 1. The first-order valence-corrected chi connectivity index (χ1v) is 16.0. The van der Waals surface area contributed by atoms with E-state index in [4.69, 9.17) is 4.74 Å². The predicted octanol–water partition coefficient (Wildman–Crippen LogP) is 6.65. The molecule has 0 aromatic heterocycles. The van der Waals surface area contributed by atoms with Gasteiger partial charge in [-0.1, -0.05) is 34.1 Å². The lowest BCUT2D eigenvalue weighted by Gasteiger charge is -2.64. The Morgan fingerprint density at radius 3 is 2.41 bits per heavy atom. The van der Waals surface area contributed by atoms with Crippen LogP contribution in [-0.2, 0) is 4.74 Å². The molecule has 0 aromatic rings. The number of rotatable bonds is 6. The van der Waals surface area contributed by atoms with Gasteiger partial charge in [0.15, 0.2) is 0 Å². The summed E-state index contributed by atoms with van der Waals surface area (Å²) < 4.78 is 5.64. The van der Waals surface area contributed by atoms with Crippen molar-refractivity contribution in [2.45, 2.75) is 123 Å². The molecule has 4 aliphatic carbocycles. The van der Waals surface area contributed by atoms with E-state index < -0.39 is 0 Å². The zero-order valence-corrected chi connectivity index (χ0v) is 24.2. The maximum absolute atomic E-state index is 12.4. The van der Waals surface area contributed by atoms with Crippen LogP contribution < -0.4 is 0 Å². The summed E-state index contributed by atoms with van der Waals surface area (Å²) >= 11 is 0. The Bertz CT molecular complexity index is 798. The molecule has 5 aliphatic rings. The third kappa shape index (κ3) is 4.87. The summed E-state index contributed by atoms with van der Waals surface area (Å²) in [7, 11) is 0. The first kappa shape index (κ1) is 27.7. The monoisotopic (exact) mass is 517 g/mol. The molecule has 1 unspecified atom stereocenters. The number of carbonyl (C=O) groups is 1. The van der Waals surface area contributed by atoms with Gasteiger partial charge in [-0.25, -0.2) is 4.79 Å². The molecule has 5 fully saturated rings. The summed E-state index contributed by atoms with van der Waals surface area (Å²) in [6, 6.07) is 0. The molecule has 5 rings (SSSR count). The van der Waals surface area contributed by atoms with Crippen LogP contribution in [0.15, 0.2) is 0 Å². The summed E-state index contributed by atoms with van der Waals surface area (Å²) in [5, 5.41) is 22.4. The van der Waals surface area contributed by atoms with Crippen LogP contribution in [0, 0.1) is 52.3 Å². The Labute approximate surface area is 226 Å². The smallest absolute Gasteiger partial charge is 0.409 e. The van der Waals surface area contributed by atoms with Crippen molar-refractivity contribution in [3.05, 3.63) is 0 Å². The van der Waals surface area contributed by atoms with Crippen molar-refractivity contribution in [3.8, 4) is 0 Å². The minimum atomic E-state index is -0.216. The molecule has 5 heteroatoms. The van der Waals surface area contributed by atoms with Crippen LogP contribution in [0.5, 0.6) is 0 Å². The Morgan fingerprint density at radius 1 is 0.973 bits per heavy atom. The molecule has 1 heterocycles. The molecule has 1 saturated heterocycles. The van der Waals surface area contributed by atoms with Crippen molar-refractivity contribution >= 4 is 6.09 Å². The lowest BCUT2D eigenvalue weighted by atomic mass is 9.41. The SMILES string of the molecule is CC[C@H]1[C@@H](O)[C@@H]2[C@H](CC[C@]3(C)C([C@H](C)CCCOC(=O)N4CCCCC4)CC[C@@H]23)[C@@]2(C)CC[C@@H](O)C[C@@H]12. The molecular formula is C32H55NO4. The molecule has 37 heavy (non-hydrogen) atoms. The molecule has 11 atom stereocenters. The normalized spacial score (nSPS) is 46.5. The fraction of sp³-hybridized carbons (Fsp3) is 0.969. The van der Waals surface area contributed by atoms with Crippen molar-refractivity contribution < 1.29 is 19.7 Å². The standard InChI is InChI=1S/C32H55NO4/c1-5-23-27-20-22(34)13-15-32(27,4)26-14-16-31(3)24(11-12-25(31)28(26)29(23)35)21(2)10-9-19-37-30(36)33-17-7-6-8-18-33/h21-29,34-35H,5-20H2,1-4H3/t21-,22-,23-,24?,25+,26+,27+,28+,29-,31-,32-/m1/s1. The van der Waals surface area contributed by atoms with E-state index in [1.807, 2.05) is 4.90 Å². The molecule has 4 saturated carbocycles. The molecule has 1 aliphatic heterocycles. The van der Waals surface area contributed by atoms with Gasteiger partial charge in [0.25, 0.3) is 0 Å². The predicted molar refractivity (Wildman–Crippen MR) is 147 cm³/mol. The average molecular weight is 518 g/mol. The van der Waals surface area contributed by atoms with Crippen molar-refractivity contribution in [1.82, 2.24) is 4.90 Å². The van der Waals surface area contributed by atoms with Gasteiger partial charge in [-0.15, -0.1) is 0 Å². The van der Waals surface area contributed by atoms with Gasteiger partial charge in [-0.2, -0.15) is 0 Å². The van der Waals surface area contributed by atoms with Gasteiger partial charge in [0.1, 0.15) is 0 Å². The topological polar surface area (TPSA) is 70.0 Å². The van der Waals surface area contributed by atoms with Crippen LogP contribution in [-0.4, -0.2) is 53.1 Å². The van der Waals surface area contributed by atoms with Gasteiger partial charge in [0.05, 0.1) is 18.8 Å². The Morgan fingerprint density at radius 2 is 1.68 bits per heavy atom. The third-order valence-electron chi connectivity index (χ3n) is 12.8. The molecule has 5 nitrogen and oxygen atoms in total. The van der Waals surface area contributed by atoms with Crippen molar-refractivity contribution in [2.75, 3.05) is 19.7 Å². The molecule has 0 bridgehead atoms. The lowest BCUT2D eigenvalue weighted by Crippen LogP contribution is -2.62. The molecule has 0 aromatic carbocycles. The van der Waals surface area contributed by atoms with Gasteiger partial charge in [0, 0.05) is 13.1 Å². The van der Waals surface area contributed by atoms with Crippen LogP contribution in [0.1, 0.15) is 111 Å². The number of hydrogen-bond acceptors (Lipinski definition) is 4. The van der Waals surface area contributed by atoms with E-state index in [0.29, 0.717) is 53.4 Å². The fourth-order valence-corrected chi connectivity index (χ4v) is 10.9. The van der Waals surface area contributed by atoms with Gasteiger partial charge in [-0.05, 0) is 129 Å². The van der Waals surface area contributed by atoms with Gasteiger partial charge in [-0.3, -0.25) is 0 Å². The van der Waals surface area contributed by atoms with Gasteiger partial charge >= 0.3 is 6.09 Å². The van der Waals surface area contributed by atoms with Gasteiger partial charge in [0.2, 0.25) is 0 Å². The fourth-order valence-electron chi connectivity index (χ4n) is 10.9. The minimum Gasteiger partial charge on any atom is -0.449 e. The van der Waals surface area contributed by atoms with E-state index in [1.165, 1.54) is 32.1 Å². The molecule has 212 valence electrons. The number of fused-ring (bicyclic) bond motifs is 5. The van der Waals surface area contributed by atoms with Crippen molar-refractivity contribution in [2.24, 2.45) is 52.3 Å². The maximum atomic E-state index is 12.4. The lowest BCUT2D eigenvalue weighted by molar-refractivity contribution is -0.203. The molecule has 1 amide bonds. The van der Waals surface area contributed by atoms with Crippen LogP contribution in [0.2, 0.25) is 0 Å². The highest BCUT2D eigenvalue weighted by atomic mass is 16.6. The number of hydrogen-bond donors (Lipinski definition) is 2. The zero-order chi connectivity index (χ0) is 26.4. The van der Waals surface area contributed by atoms with Crippen molar-refractivity contribution in [3.63, 3.8) is 0 Å². The quantitative estimate of drug-likeness (QED) is 0.387. The molecular weight excluding hydrogens is 462 g/mol. The highest BCUT2D eigenvalue weighted by Crippen LogP contribution is 2.69. The number of likely N-dealkylation sites (tertiary alicyclic amines) is 1. The summed E-state index contributed by atoms with van der Waals surface area (Å²) in [6.07, 6.45) is 14.0. The first-order chi connectivity index (χ1) is 17.7. The third-order valence-corrected chi connectivity index (χ3v) is 12.8. The van der Waals surface area contributed by atoms with E-state index in [1.54, 1.807) is 0 Å². The number of aliphatic hydroxyl groups is 2. The average Bonchev–Trinajstić information content (AvgIpc) is 3.25. The minimum absolute atomic E-state index is 0.114. The summed E-state index contributed by atoms with van der Waals surface area (Å²) in [4.78, 5) is 14.2. The second kappa shape index (κ2) is 11.0. The number of carbonyl (C=O) groups excluding carboxylic acids is 1. The summed E-state index contributed by atoms with van der Waals surface area (Å²) in [5.74, 6) is 3.75. The zero-order valence-electron chi connectivity index (χ0n) is 24.2. The van der Waals surface area contributed by atoms with Crippen molar-refractivity contribution in [1.29, 1.82) is 0 Å². The van der Waals surface area contributed by atoms with E-state index in [0.717, 1.165) is 64.5 Å².